The first kappa shape index (κ1) is 22.7. The van der Waals surface area contributed by atoms with Crippen LogP contribution in [0, 0.1) is 11.8 Å². The van der Waals surface area contributed by atoms with Gasteiger partial charge in [0.2, 0.25) is 0 Å². The lowest BCUT2D eigenvalue weighted by Crippen LogP contribution is -2.52. The molecule has 0 bridgehead atoms. The number of benzene rings is 1. The van der Waals surface area contributed by atoms with E-state index < -0.39 is 0 Å². The number of hydrogen-bond donors (Lipinski definition) is 2. The minimum Gasteiger partial charge on any atom is -0.379 e. The molecule has 1 aliphatic rings. The summed E-state index contributed by atoms with van der Waals surface area (Å²) < 4.78 is 11.3. The van der Waals surface area contributed by atoms with Gasteiger partial charge in [-0.15, -0.1) is 0 Å². The fourth-order valence-electron chi connectivity index (χ4n) is 3.40. The summed E-state index contributed by atoms with van der Waals surface area (Å²) in [5.74, 6) is 1.84. The molecule has 1 aliphatic heterocycles. The molecule has 0 amide bonds. The van der Waals surface area contributed by atoms with Gasteiger partial charge >= 0.3 is 0 Å². The molecule has 2 atom stereocenters. The van der Waals surface area contributed by atoms with Crippen molar-refractivity contribution in [1.29, 1.82) is 0 Å². The maximum absolute atomic E-state index is 5.84. The van der Waals surface area contributed by atoms with Crippen LogP contribution in [0.3, 0.4) is 0 Å². The monoisotopic (exact) mass is 390 g/mol. The largest absolute Gasteiger partial charge is 0.379 e. The van der Waals surface area contributed by atoms with Crippen LogP contribution in [0.25, 0.3) is 0 Å². The van der Waals surface area contributed by atoms with E-state index in [1.165, 1.54) is 5.56 Å². The van der Waals surface area contributed by atoms with Gasteiger partial charge in [-0.05, 0) is 17.4 Å². The highest BCUT2D eigenvalue weighted by atomic mass is 16.5. The maximum atomic E-state index is 5.84. The van der Waals surface area contributed by atoms with Crippen LogP contribution in [-0.4, -0.2) is 69.9 Å². The molecule has 0 aliphatic carbocycles. The summed E-state index contributed by atoms with van der Waals surface area (Å²) in [4.78, 5) is 6.90. The van der Waals surface area contributed by atoms with E-state index in [9.17, 15) is 0 Å². The molecule has 2 N–H and O–H groups in total. The van der Waals surface area contributed by atoms with Gasteiger partial charge in [0.05, 0.1) is 26.4 Å². The van der Waals surface area contributed by atoms with Crippen molar-refractivity contribution in [1.82, 2.24) is 15.5 Å². The van der Waals surface area contributed by atoms with Crippen LogP contribution in [0.1, 0.15) is 26.3 Å². The zero-order valence-electron chi connectivity index (χ0n) is 18.0. The van der Waals surface area contributed by atoms with Crippen molar-refractivity contribution in [3.8, 4) is 0 Å². The van der Waals surface area contributed by atoms with Crippen LogP contribution in [0.15, 0.2) is 35.3 Å². The van der Waals surface area contributed by atoms with Gasteiger partial charge < -0.3 is 20.1 Å². The number of guanidine groups is 1. The molecule has 0 aromatic heterocycles. The Balaban J connectivity index is 1.67. The molecule has 0 spiro atoms. The predicted octanol–water partition coefficient (Wildman–Crippen LogP) is 2.36. The summed E-state index contributed by atoms with van der Waals surface area (Å²) >= 11 is 0. The van der Waals surface area contributed by atoms with E-state index in [0.717, 1.165) is 52.0 Å². The smallest absolute Gasteiger partial charge is 0.191 e. The summed E-state index contributed by atoms with van der Waals surface area (Å²) in [5.41, 5.74) is 1.21. The Morgan fingerprint density at radius 2 is 1.79 bits per heavy atom. The van der Waals surface area contributed by atoms with Crippen LogP contribution in [0.4, 0.5) is 0 Å². The summed E-state index contributed by atoms with van der Waals surface area (Å²) in [5, 5.41) is 6.93. The van der Waals surface area contributed by atoms with E-state index in [4.69, 9.17) is 9.47 Å². The van der Waals surface area contributed by atoms with Crippen molar-refractivity contribution in [2.24, 2.45) is 16.8 Å². The molecule has 28 heavy (non-hydrogen) atoms. The van der Waals surface area contributed by atoms with Gasteiger partial charge in [0.1, 0.15) is 0 Å². The van der Waals surface area contributed by atoms with Crippen molar-refractivity contribution in [3.63, 3.8) is 0 Å². The van der Waals surface area contributed by atoms with E-state index in [2.05, 4.69) is 53.4 Å². The highest BCUT2D eigenvalue weighted by Crippen LogP contribution is 2.12. The lowest BCUT2D eigenvalue weighted by atomic mass is 10.0. The summed E-state index contributed by atoms with van der Waals surface area (Å²) in [7, 11) is 1.82. The molecular weight excluding hydrogens is 352 g/mol. The predicted molar refractivity (Wildman–Crippen MR) is 116 cm³/mol. The number of morpholine rings is 1. The first-order valence-corrected chi connectivity index (χ1v) is 10.5. The Morgan fingerprint density at radius 1 is 1.11 bits per heavy atom. The van der Waals surface area contributed by atoms with E-state index in [1.54, 1.807) is 0 Å². The van der Waals surface area contributed by atoms with Gasteiger partial charge in [0, 0.05) is 39.3 Å². The van der Waals surface area contributed by atoms with Crippen LogP contribution >= 0.6 is 0 Å². The molecule has 0 saturated carbocycles. The van der Waals surface area contributed by atoms with E-state index >= 15 is 0 Å². The van der Waals surface area contributed by atoms with Crippen molar-refractivity contribution in [2.45, 2.75) is 33.4 Å². The van der Waals surface area contributed by atoms with Gasteiger partial charge in [-0.3, -0.25) is 9.89 Å². The Morgan fingerprint density at radius 3 is 2.43 bits per heavy atom. The number of aliphatic imine (C=N–C) groups is 1. The van der Waals surface area contributed by atoms with Crippen LogP contribution < -0.4 is 10.6 Å². The first-order valence-electron chi connectivity index (χ1n) is 10.5. The zero-order chi connectivity index (χ0) is 20.2. The lowest BCUT2D eigenvalue weighted by molar-refractivity contribution is 0.00751. The molecular formula is C22H38N4O2. The first-order chi connectivity index (χ1) is 13.6. The van der Waals surface area contributed by atoms with Crippen LogP contribution in [0.2, 0.25) is 0 Å². The Hall–Kier alpha value is -1.63. The van der Waals surface area contributed by atoms with Gasteiger partial charge in [0.25, 0.3) is 0 Å². The Labute approximate surface area is 170 Å². The molecule has 158 valence electrons. The average molecular weight is 391 g/mol. The third kappa shape index (κ3) is 8.17. The summed E-state index contributed by atoms with van der Waals surface area (Å²) in [6.45, 7) is 13.5. The van der Waals surface area contributed by atoms with E-state index in [0.29, 0.717) is 24.5 Å². The molecule has 1 saturated heterocycles. The minimum atomic E-state index is 0.405. The SMILES string of the molecule is CN=C(NCC(C)COCc1ccccc1)NCC(C(C)C)N1CCOCC1. The number of nitrogens with zero attached hydrogens (tertiary/aromatic N) is 2. The van der Waals surface area contributed by atoms with Crippen molar-refractivity contribution < 1.29 is 9.47 Å². The third-order valence-corrected chi connectivity index (χ3v) is 5.12. The van der Waals surface area contributed by atoms with Gasteiger partial charge in [-0.25, -0.2) is 0 Å². The third-order valence-electron chi connectivity index (χ3n) is 5.12. The second kappa shape index (κ2) is 12.8. The molecule has 1 aromatic rings. The van der Waals surface area contributed by atoms with Crippen molar-refractivity contribution in [2.75, 3.05) is 53.0 Å². The summed E-state index contributed by atoms with van der Waals surface area (Å²) in [6, 6.07) is 10.8. The van der Waals surface area contributed by atoms with E-state index in [-0.39, 0.29) is 0 Å². The second-order valence-electron chi connectivity index (χ2n) is 7.90. The molecule has 1 heterocycles. The molecule has 1 fully saturated rings. The van der Waals surface area contributed by atoms with Crippen LogP contribution in [-0.2, 0) is 16.1 Å². The minimum absolute atomic E-state index is 0.405. The number of ether oxygens (including phenoxy) is 2. The fraction of sp³-hybridized carbons (Fsp3) is 0.682. The molecule has 0 radical (unpaired) electrons. The zero-order valence-corrected chi connectivity index (χ0v) is 18.0. The molecule has 6 nitrogen and oxygen atoms in total. The summed E-state index contributed by atoms with van der Waals surface area (Å²) in [6.07, 6.45) is 0. The van der Waals surface area contributed by atoms with Crippen LogP contribution in [0.5, 0.6) is 0 Å². The average Bonchev–Trinajstić information content (AvgIpc) is 2.72. The van der Waals surface area contributed by atoms with Gasteiger partial charge in [-0.1, -0.05) is 51.1 Å². The van der Waals surface area contributed by atoms with Crippen molar-refractivity contribution >= 4 is 5.96 Å². The normalized spacial score (nSPS) is 18.1. The molecule has 1 aromatic carbocycles. The number of nitrogens with one attached hydrogen (secondary N) is 2. The van der Waals surface area contributed by atoms with E-state index in [1.807, 2.05) is 25.2 Å². The lowest BCUT2D eigenvalue weighted by Gasteiger charge is -2.37. The number of rotatable bonds is 10. The second-order valence-corrected chi connectivity index (χ2v) is 7.90. The van der Waals surface area contributed by atoms with Crippen molar-refractivity contribution in [3.05, 3.63) is 35.9 Å². The Kier molecular flexibility index (Phi) is 10.3. The quantitative estimate of drug-likeness (QED) is 0.474. The van der Waals surface area contributed by atoms with Gasteiger partial charge in [-0.2, -0.15) is 0 Å². The molecule has 2 rings (SSSR count). The number of hydrogen-bond acceptors (Lipinski definition) is 4. The molecule has 2 unspecified atom stereocenters. The maximum Gasteiger partial charge on any atom is 0.191 e. The standard InChI is InChI=1S/C22H38N4O2/c1-18(2)21(26-10-12-27-13-11-26)15-25-22(23-4)24-14-19(3)16-28-17-20-8-6-5-7-9-20/h5-9,18-19,21H,10-17H2,1-4H3,(H2,23,24,25). The highest BCUT2D eigenvalue weighted by molar-refractivity contribution is 5.79. The highest BCUT2D eigenvalue weighted by Gasteiger charge is 2.23. The Bertz CT molecular complexity index is 559. The van der Waals surface area contributed by atoms with Gasteiger partial charge in [0.15, 0.2) is 5.96 Å². The topological polar surface area (TPSA) is 58.1 Å². The fourth-order valence-corrected chi connectivity index (χ4v) is 3.40. The molecule has 6 heteroatoms.